The number of rotatable bonds is 10. The van der Waals surface area contributed by atoms with E-state index in [0.29, 0.717) is 12.6 Å². The number of sulfonamides is 1. The highest BCUT2D eigenvalue weighted by molar-refractivity contribution is 7.98. The van der Waals surface area contributed by atoms with Crippen molar-refractivity contribution in [1.82, 2.24) is 19.8 Å². The minimum absolute atomic E-state index is 0.0755. The molecule has 1 aromatic rings. The van der Waals surface area contributed by atoms with Crippen LogP contribution < -0.4 is 10.0 Å². The molecule has 1 heterocycles. The molecule has 1 aromatic heterocycles. The summed E-state index contributed by atoms with van der Waals surface area (Å²) in [6.07, 6.45) is 5.80. The van der Waals surface area contributed by atoms with Crippen molar-refractivity contribution in [3.05, 3.63) is 12.4 Å². The van der Waals surface area contributed by atoms with Crippen molar-refractivity contribution >= 4 is 21.8 Å². The zero-order valence-corrected chi connectivity index (χ0v) is 14.8. The van der Waals surface area contributed by atoms with Gasteiger partial charge in [0.05, 0.1) is 12.7 Å². The van der Waals surface area contributed by atoms with E-state index in [4.69, 9.17) is 0 Å². The fraction of sp³-hybridized carbons (Fsp3) is 0.769. The van der Waals surface area contributed by atoms with Gasteiger partial charge in [0.2, 0.25) is 10.0 Å². The Labute approximate surface area is 132 Å². The maximum Gasteiger partial charge on any atom is 0.243 e. The SMILES string of the molecule is CSCCC(C)NS(=O)(=O)c1cnn(CCNC(C)C)c1. The average Bonchev–Trinajstić information content (AvgIpc) is 2.85. The Morgan fingerprint density at radius 1 is 1.38 bits per heavy atom. The first kappa shape index (κ1) is 18.5. The highest BCUT2D eigenvalue weighted by Gasteiger charge is 2.19. The predicted molar refractivity (Wildman–Crippen MR) is 88.1 cm³/mol. The van der Waals surface area contributed by atoms with Crippen LogP contribution in [0.3, 0.4) is 0 Å². The Kier molecular flexibility index (Phi) is 7.72. The lowest BCUT2D eigenvalue weighted by Crippen LogP contribution is -2.32. The van der Waals surface area contributed by atoms with E-state index in [9.17, 15) is 8.42 Å². The summed E-state index contributed by atoms with van der Waals surface area (Å²) in [6.45, 7) is 7.43. The van der Waals surface area contributed by atoms with Crippen molar-refractivity contribution < 1.29 is 8.42 Å². The number of hydrogen-bond donors (Lipinski definition) is 2. The van der Waals surface area contributed by atoms with Crippen LogP contribution in [0.25, 0.3) is 0 Å². The van der Waals surface area contributed by atoms with Gasteiger partial charge in [0.25, 0.3) is 0 Å². The van der Waals surface area contributed by atoms with Gasteiger partial charge in [-0.1, -0.05) is 13.8 Å². The van der Waals surface area contributed by atoms with Gasteiger partial charge < -0.3 is 5.32 Å². The molecule has 0 radical (unpaired) electrons. The first-order valence-corrected chi connectivity index (χ1v) is 10.00. The highest BCUT2D eigenvalue weighted by Crippen LogP contribution is 2.09. The van der Waals surface area contributed by atoms with Crippen molar-refractivity contribution in [3.63, 3.8) is 0 Å². The summed E-state index contributed by atoms with van der Waals surface area (Å²) in [7, 11) is -3.47. The van der Waals surface area contributed by atoms with Crippen LogP contribution in [0.15, 0.2) is 17.3 Å². The van der Waals surface area contributed by atoms with Gasteiger partial charge in [-0.05, 0) is 25.4 Å². The minimum atomic E-state index is -3.47. The lowest BCUT2D eigenvalue weighted by molar-refractivity contribution is 0.514. The monoisotopic (exact) mass is 334 g/mol. The van der Waals surface area contributed by atoms with Crippen LogP contribution in [0.1, 0.15) is 27.2 Å². The summed E-state index contributed by atoms with van der Waals surface area (Å²) >= 11 is 1.71. The molecule has 0 aliphatic carbocycles. The largest absolute Gasteiger partial charge is 0.313 e. The van der Waals surface area contributed by atoms with Gasteiger partial charge in [0, 0.05) is 24.8 Å². The van der Waals surface area contributed by atoms with Gasteiger partial charge >= 0.3 is 0 Å². The maximum atomic E-state index is 12.2. The van der Waals surface area contributed by atoms with Crippen LogP contribution in [-0.4, -0.2) is 48.8 Å². The molecule has 0 fully saturated rings. The normalized spacial score (nSPS) is 13.8. The van der Waals surface area contributed by atoms with Crippen LogP contribution in [0.5, 0.6) is 0 Å². The van der Waals surface area contributed by atoms with E-state index in [0.717, 1.165) is 18.7 Å². The van der Waals surface area contributed by atoms with E-state index in [1.54, 1.807) is 22.6 Å². The van der Waals surface area contributed by atoms with Crippen molar-refractivity contribution in [2.24, 2.45) is 0 Å². The lowest BCUT2D eigenvalue weighted by atomic mass is 10.3. The third-order valence-electron chi connectivity index (χ3n) is 2.92. The number of thioether (sulfide) groups is 1. The maximum absolute atomic E-state index is 12.2. The predicted octanol–water partition coefficient (Wildman–Crippen LogP) is 1.30. The molecule has 0 saturated carbocycles. The Morgan fingerprint density at radius 2 is 2.10 bits per heavy atom. The molecule has 0 aliphatic heterocycles. The standard InChI is InChI=1S/C13H26N4O2S2/c1-11(2)14-6-7-17-10-13(9-15-17)21(18,19)16-12(3)5-8-20-4/h9-12,14,16H,5-8H2,1-4H3. The van der Waals surface area contributed by atoms with Crippen molar-refractivity contribution in [1.29, 1.82) is 0 Å². The molecular weight excluding hydrogens is 308 g/mol. The summed E-state index contributed by atoms with van der Waals surface area (Å²) in [5, 5.41) is 7.37. The molecule has 6 nitrogen and oxygen atoms in total. The molecule has 1 atom stereocenters. The summed E-state index contributed by atoms with van der Waals surface area (Å²) in [6, 6.07) is 0.330. The van der Waals surface area contributed by atoms with Gasteiger partial charge in [-0.25, -0.2) is 13.1 Å². The third-order valence-corrected chi connectivity index (χ3v) is 5.11. The first-order chi connectivity index (χ1) is 9.85. The average molecular weight is 335 g/mol. The summed E-state index contributed by atoms with van der Waals surface area (Å²) in [4.78, 5) is 0.225. The fourth-order valence-electron chi connectivity index (χ4n) is 1.76. The van der Waals surface area contributed by atoms with Crippen LogP contribution in [0.2, 0.25) is 0 Å². The summed E-state index contributed by atoms with van der Waals surface area (Å²) in [5.74, 6) is 0.934. The molecule has 0 aliphatic rings. The van der Waals surface area contributed by atoms with Gasteiger partial charge in [-0.3, -0.25) is 4.68 Å². The van der Waals surface area contributed by atoms with E-state index in [-0.39, 0.29) is 10.9 Å². The Hall–Kier alpha value is -0.570. The first-order valence-electron chi connectivity index (χ1n) is 7.12. The van der Waals surface area contributed by atoms with Crippen LogP contribution >= 0.6 is 11.8 Å². The van der Waals surface area contributed by atoms with E-state index in [1.807, 2.05) is 13.2 Å². The molecule has 0 aromatic carbocycles. The number of nitrogens with zero attached hydrogens (tertiary/aromatic N) is 2. The molecular formula is C13H26N4O2S2. The summed E-state index contributed by atoms with van der Waals surface area (Å²) < 4.78 is 28.8. The fourth-order valence-corrected chi connectivity index (χ4v) is 3.58. The van der Waals surface area contributed by atoms with Crippen molar-refractivity contribution in [2.75, 3.05) is 18.6 Å². The topological polar surface area (TPSA) is 76.0 Å². The van der Waals surface area contributed by atoms with Crippen molar-refractivity contribution in [3.8, 4) is 0 Å². The molecule has 122 valence electrons. The van der Waals surface area contributed by atoms with Gasteiger partial charge in [0.15, 0.2) is 0 Å². The zero-order chi connectivity index (χ0) is 15.9. The number of nitrogens with one attached hydrogen (secondary N) is 2. The second-order valence-electron chi connectivity index (χ2n) is 5.35. The Morgan fingerprint density at radius 3 is 2.71 bits per heavy atom. The van der Waals surface area contributed by atoms with Gasteiger partial charge in [-0.2, -0.15) is 16.9 Å². The second-order valence-corrected chi connectivity index (χ2v) is 8.05. The van der Waals surface area contributed by atoms with E-state index >= 15 is 0 Å². The van der Waals surface area contributed by atoms with Crippen LogP contribution in [0.4, 0.5) is 0 Å². The molecule has 0 amide bonds. The van der Waals surface area contributed by atoms with Crippen molar-refractivity contribution in [2.45, 2.75) is 50.7 Å². The highest BCUT2D eigenvalue weighted by atomic mass is 32.2. The minimum Gasteiger partial charge on any atom is -0.313 e. The lowest BCUT2D eigenvalue weighted by Gasteiger charge is -2.12. The second kappa shape index (κ2) is 8.77. The zero-order valence-electron chi connectivity index (χ0n) is 13.2. The molecule has 8 heteroatoms. The Bertz CT molecular complexity index is 514. The third kappa shape index (κ3) is 6.82. The van der Waals surface area contributed by atoms with E-state index in [1.165, 1.54) is 6.20 Å². The Balaban J connectivity index is 2.57. The number of hydrogen-bond acceptors (Lipinski definition) is 5. The quantitative estimate of drug-likeness (QED) is 0.674. The smallest absolute Gasteiger partial charge is 0.243 e. The molecule has 0 bridgehead atoms. The molecule has 21 heavy (non-hydrogen) atoms. The van der Waals surface area contributed by atoms with Gasteiger partial charge in [-0.15, -0.1) is 0 Å². The van der Waals surface area contributed by atoms with E-state index < -0.39 is 10.0 Å². The number of aromatic nitrogens is 2. The molecule has 2 N–H and O–H groups in total. The van der Waals surface area contributed by atoms with Crippen LogP contribution in [0, 0.1) is 0 Å². The summed E-state index contributed by atoms with van der Waals surface area (Å²) in [5.41, 5.74) is 0. The molecule has 1 rings (SSSR count). The molecule has 0 saturated heterocycles. The molecule has 0 spiro atoms. The van der Waals surface area contributed by atoms with Gasteiger partial charge in [0.1, 0.15) is 4.90 Å². The van der Waals surface area contributed by atoms with E-state index in [2.05, 4.69) is 29.0 Å². The van der Waals surface area contributed by atoms with Crippen LogP contribution in [-0.2, 0) is 16.6 Å². The molecule has 1 unspecified atom stereocenters.